The minimum Gasteiger partial charge on any atom is -0.393 e. The van der Waals surface area contributed by atoms with Gasteiger partial charge in [0, 0.05) is 0 Å². The number of rotatable bonds is 3. The molecule has 4 aliphatic rings. The van der Waals surface area contributed by atoms with Crippen molar-refractivity contribution in [3.63, 3.8) is 0 Å². The van der Waals surface area contributed by atoms with Crippen LogP contribution in [-0.4, -0.2) is 11.2 Å². The maximum atomic E-state index is 10.7. The summed E-state index contributed by atoms with van der Waals surface area (Å²) in [4.78, 5) is 0. The van der Waals surface area contributed by atoms with Gasteiger partial charge in [-0.05, 0) is 105 Å². The predicted octanol–water partition coefficient (Wildman–Crippen LogP) is 6.22. The van der Waals surface area contributed by atoms with E-state index < -0.39 is 0 Å². The molecule has 1 spiro atoms. The Morgan fingerprint density at radius 1 is 1.16 bits per heavy atom. The summed E-state index contributed by atoms with van der Waals surface area (Å²) in [5, 5.41) is 10.7. The summed E-state index contributed by atoms with van der Waals surface area (Å²) >= 11 is 0. The number of hydrogen-bond acceptors (Lipinski definition) is 1. The fraction of sp³-hybridized carbons (Fsp3) is 0.917. The number of aliphatic hydroxyl groups is 1. The zero-order valence-electron chi connectivity index (χ0n) is 17.4. The van der Waals surface area contributed by atoms with Crippen molar-refractivity contribution in [2.24, 2.45) is 45.8 Å². The first kappa shape index (κ1) is 18.1. The molecule has 142 valence electrons. The Morgan fingerprint density at radius 3 is 2.56 bits per heavy atom. The van der Waals surface area contributed by atoms with Crippen LogP contribution in [0.4, 0.5) is 0 Å². The third kappa shape index (κ3) is 2.30. The second-order valence-corrected chi connectivity index (χ2v) is 11.3. The minimum atomic E-state index is -0.0157. The largest absolute Gasteiger partial charge is 0.393 e. The quantitative estimate of drug-likeness (QED) is 0.603. The zero-order valence-corrected chi connectivity index (χ0v) is 17.4. The van der Waals surface area contributed by atoms with Crippen LogP contribution in [0.2, 0.25) is 0 Å². The van der Waals surface area contributed by atoms with Gasteiger partial charge >= 0.3 is 0 Å². The zero-order chi connectivity index (χ0) is 18.2. The Kier molecular flexibility index (Phi) is 4.05. The third-order valence-corrected chi connectivity index (χ3v) is 10.0. The smallest absolute Gasteiger partial charge is 0.0599 e. The van der Waals surface area contributed by atoms with E-state index in [0.717, 1.165) is 17.8 Å². The fourth-order valence-corrected chi connectivity index (χ4v) is 8.23. The summed E-state index contributed by atoms with van der Waals surface area (Å²) in [5.74, 6) is 3.68. The lowest BCUT2D eigenvalue weighted by atomic mass is 9.45. The van der Waals surface area contributed by atoms with Crippen molar-refractivity contribution in [2.45, 2.75) is 92.6 Å². The number of aliphatic hydroxyl groups excluding tert-OH is 1. The molecule has 9 atom stereocenters. The van der Waals surface area contributed by atoms with Gasteiger partial charge in [0.15, 0.2) is 0 Å². The third-order valence-electron chi connectivity index (χ3n) is 10.0. The Bertz CT molecular complexity index is 575. The topological polar surface area (TPSA) is 20.2 Å². The highest BCUT2D eigenvalue weighted by Gasteiger charge is 2.74. The average Bonchev–Trinajstić information content (AvgIpc) is 3.22. The van der Waals surface area contributed by atoms with E-state index in [1.165, 1.54) is 50.5 Å². The van der Waals surface area contributed by atoms with Crippen LogP contribution in [0.5, 0.6) is 0 Å². The second kappa shape index (κ2) is 5.60. The molecule has 25 heavy (non-hydrogen) atoms. The van der Waals surface area contributed by atoms with Crippen molar-refractivity contribution < 1.29 is 5.11 Å². The van der Waals surface area contributed by atoms with Gasteiger partial charge in [0.2, 0.25) is 0 Å². The Labute approximate surface area is 155 Å². The van der Waals surface area contributed by atoms with E-state index in [2.05, 4.69) is 47.6 Å². The summed E-state index contributed by atoms with van der Waals surface area (Å²) in [6.07, 6.45) is 12.0. The molecule has 0 heterocycles. The van der Waals surface area contributed by atoms with Crippen molar-refractivity contribution in [1.29, 1.82) is 0 Å². The molecule has 4 saturated carbocycles. The molecule has 0 aromatic heterocycles. The normalized spacial score (nSPS) is 54.9. The van der Waals surface area contributed by atoms with Gasteiger partial charge in [0.1, 0.15) is 0 Å². The first-order valence-electron chi connectivity index (χ1n) is 11.0. The summed E-state index contributed by atoms with van der Waals surface area (Å²) in [6, 6.07) is 0. The highest BCUT2D eigenvalue weighted by atomic mass is 16.3. The van der Waals surface area contributed by atoms with Gasteiger partial charge in [0.25, 0.3) is 0 Å². The van der Waals surface area contributed by atoms with Gasteiger partial charge in [-0.3, -0.25) is 0 Å². The van der Waals surface area contributed by atoms with E-state index in [1.54, 1.807) is 0 Å². The SMILES string of the molecule is CC(C)=CCC(C)C1CCC2(C)C3CC(C)C(O)C4CC43CCC12C. The number of hydrogen-bond donors (Lipinski definition) is 1. The minimum absolute atomic E-state index is 0.0157. The summed E-state index contributed by atoms with van der Waals surface area (Å²) in [7, 11) is 0. The summed E-state index contributed by atoms with van der Waals surface area (Å²) in [5.41, 5.74) is 3.00. The molecule has 0 amide bonds. The van der Waals surface area contributed by atoms with Gasteiger partial charge < -0.3 is 5.11 Å². The monoisotopic (exact) mass is 344 g/mol. The van der Waals surface area contributed by atoms with Crippen LogP contribution in [0.3, 0.4) is 0 Å². The number of fused-ring (bicyclic) bond motifs is 2. The van der Waals surface area contributed by atoms with Crippen molar-refractivity contribution in [2.75, 3.05) is 0 Å². The Balaban J connectivity index is 1.62. The van der Waals surface area contributed by atoms with Gasteiger partial charge in [-0.25, -0.2) is 0 Å². The van der Waals surface area contributed by atoms with Crippen LogP contribution in [-0.2, 0) is 0 Å². The van der Waals surface area contributed by atoms with Crippen LogP contribution < -0.4 is 0 Å². The van der Waals surface area contributed by atoms with E-state index in [-0.39, 0.29) is 6.10 Å². The molecule has 1 heteroatoms. The van der Waals surface area contributed by atoms with E-state index in [4.69, 9.17) is 0 Å². The van der Waals surface area contributed by atoms with Gasteiger partial charge in [0.05, 0.1) is 6.10 Å². The van der Waals surface area contributed by atoms with Crippen LogP contribution in [0.1, 0.15) is 86.5 Å². The second-order valence-electron chi connectivity index (χ2n) is 11.3. The van der Waals surface area contributed by atoms with Crippen LogP contribution >= 0.6 is 0 Å². The molecule has 0 aromatic carbocycles. The highest BCUT2D eigenvalue weighted by Crippen LogP contribution is 2.80. The maximum absolute atomic E-state index is 10.7. The van der Waals surface area contributed by atoms with E-state index in [1.807, 2.05) is 0 Å². The highest BCUT2D eigenvalue weighted by molar-refractivity contribution is 5.23. The van der Waals surface area contributed by atoms with Crippen molar-refractivity contribution in [1.82, 2.24) is 0 Å². The Morgan fingerprint density at radius 2 is 1.88 bits per heavy atom. The lowest BCUT2D eigenvalue weighted by molar-refractivity contribution is -0.128. The fourth-order valence-electron chi connectivity index (χ4n) is 8.23. The molecular formula is C24H40O. The molecular weight excluding hydrogens is 304 g/mol. The molecule has 0 aliphatic heterocycles. The molecule has 1 nitrogen and oxygen atoms in total. The van der Waals surface area contributed by atoms with E-state index in [9.17, 15) is 5.11 Å². The Hall–Kier alpha value is -0.300. The van der Waals surface area contributed by atoms with E-state index in [0.29, 0.717) is 28.1 Å². The molecule has 0 aromatic rings. The average molecular weight is 345 g/mol. The maximum Gasteiger partial charge on any atom is 0.0599 e. The first-order chi connectivity index (χ1) is 11.7. The molecule has 0 saturated heterocycles. The standard InChI is InChI=1S/C24H40O/c1-15(2)7-8-16(3)18-9-10-23(6)20-13-17(4)21(25)19-14-24(19,20)12-11-22(18,23)5/h7,16-21,25H,8-14H2,1-6H3. The van der Waals surface area contributed by atoms with Gasteiger partial charge in [-0.2, -0.15) is 0 Å². The summed E-state index contributed by atoms with van der Waals surface area (Å²) in [6.45, 7) is 14.6. The molecule has 0 radical (unpaired) electrons. The lowest BCUT2D eigenvalue weighted by Crippen LogP contribution is -2.54. The lowest BCUT2D eigenvalue weighted by Gasteiger charge is -2.60. The molecule has 1 N–H and O–H groups in total. The van der Waals surface area contributed by atoms with E-state index >= 15 is 0 Å². The van der Waals surface area contributed by atoms with Crippen LogP contribution in [0, 0.1) is 45.8 Å². The van der Waals surface area contributed by atoms with Crippen molar-refractivity contribution in [3.05, 3.63) is 11.6 Å². The summed E-state index contributed by atoms with van der Waals surface area (Å²) < 4.78 is 0. The van der Waals surface area contributed by atoms with Crippen LogP contribution in [0.25, 0.3) is 0 Å². The van der Waals surface area contributed by atoms with Crippen LogP contribution in [0.15, 0.2) is 11.6 Å². The first-order valence-corrected chi connectivity index (χ1v) is 11.0. The van der Waals surface area contributed by atoms with Gasteiger partial charge in [-0.1, -0.05) is 39.3 Å². The van der Waals surface area contributed by atoms with Gasteiger partial charge in [-0.15, -0.1) is 0 Å². The van der Waals surface area contributed by atoms with Crippen molar-refractivity contribution >= 4 is 0 Å². The molecule has 4 aliphatic carbocycles. The van der Waals surface area contributed by atoms with Crippen molar-refractivity contribution in [3.8, 4) is 0 Å². The molecule has 4 rings (SSSR count). The molecule has 4 fully saturated rings. The predicted molar refractivity (Wildman–Crippen MR) is 105 cm³/mol. The molecule has 0 bridgehead atoms. The number of allylic oxidation sites excluding steroid dienone is 2. The molecule has 9 unspecified atom stereocenters.